The van der Waals surface area contributed by atoms with Gasteiger partial charge in [0, 0.05) is 68.3 Å². The third-order valence-electron chi connectivity index (χ3n) is 15.6. The molecule has 0 aromatic heterocycles. The predicted octanol–water partition coefficient (Wildman–Crippen LogP) is -1.35. The predicted molar refractivity (Wildman–Crippen MR) is 339 cm³/mol. The summed E-state index contributed by atoms with van der Waals surface area (Å²) in [5.74, 6) is -1.73. The Balaban J connectivity index is 0.000000637. The first kappa shape index (κ1) is 84.3. The molecule has 7 unspecified atom stereocenters. The Kier molecular flexibility index (Phi) is 39.6. The van der Waals surface area contributed by atoms with Gasteiger partial charge in [0.1, 0.15) is 104 Å². The Hall–Kier alpha value is -2.79. The fourth-order valence-corrected chi connectivity index (χ4v) is 10.6. The van der Waals surface area contributed by atoms with Crippen molar-refractivity contribution in [2.24, 2.45) is 0 Å². The average molecular weight is 1280 g/mol. The Labute approximate surface area is 571 Å². The summed E-state index contributed by atoms with van der Waals surface area (Å²) in [6, 6.07) is 13.4. The second kappa shape index (κ2) is 42.7. The van der Waals surface area contributed by atoms with E-state index < -0.39 is 115 Å². The number of carbonyl (C=O) groups excluding carboxylic acids is 4. The molecule has 490 valence electrons. The molecule has 14 radical (unpaired) electrons. The molecule has 91 heavy (non-hydrogen) atoms. The van der Waals surface area contributed by atoms with E-state index in [1.165, 1.54) is 7.05 Å². The first-order chi connectivity index (χ1) is 41.9. The monoisotopic (exact) mass is 1280 g/mol. The number of hydrogen-bond acceptors (Lipinski definition) is 21. The third kappa shape index (κ3) is 26.0. The van der Waals surface area contributed by atoms with Crippen LogP contribution in [0.1, 0.15) is 142 Å². The smallest absolute Gasteiger partial charge is 1.00 e. The number of benzene rings is 2. The number of ether oxygens (including phenoxy) is 12. The molecule has 0 saturated carbocycles. The van der Waals surface area contributed by atoms with Gasteiger partial charge in [-0.2, -0.15) is 0 Å². The van der Waals surface area contributed by atoms with Gasteiger partial charge in [-0.15, -0.1) is 0 Å². The van der Waals surface area contributed by atoms with Crippen molar-refractivity contribution in [3.05, 3.63) is 71.8 Å². The number of aliphatic hydroxyl groups is 5. The van der Waals surface area contributed by atoms with Crippen LogP contribution in [0.25, 0.3) is 0 Å². The number of rotatable bonds is 19. The first-order valence-corrected chi connectivity index (χ1v) is 30.4. The molecule has 7 saturated heterocycles. The Morgan fingerprint density at radius 1 is 0.462 bits per heavy atom. The van der Waals surface area contributed by atoms with Crippen LogP contribution in [-0.4, -0.2) is 270 Å². The van der Waals surface area contributed by atoms with Gasteiger partial charge in [-0.3, -0.25) is 9.59 Å². The topological polar surface area (TPSA) is 292 Å². The van der Waals surface area contributed by atoms with Gasteiger partial charge in [-0.1, -0.05) is 85.9 Å². The van der Waals surface area contributed by atoms with Gasteiger partial charge in [0.25, 0.3) is 0 Å². The molecule has 22 nitrogen and oxygen atoms in total. The number of aliphatic hydroxyl groups excluding tert-OH is 5. The van der Waals surface area contributed by atoms with Crippen molar-refractivity contribution in [1.29, 1.82) is 0 Å². The maximum absolute atomic E-state index is 12.5. The van der Waals surface area contributed by atoms with Crippen molar-refractivity contribution in [3.8, 4) is 0 Å². The van der Waals surface area contributed by atoms with Crippen LogP contribution in [0.4, 0.5) is 0 Å². The van der Waals surface area contributed by atoms with Gasteiger partial charge in [0.05, 0.1) is 79.6 Å². The van der Waals surface area contributed by atoms with Crippen LogP contribution < -0.4 is 34.9 Å². The van der Waals surface area contributed by atoms with E-state index in [1.54, 1.807) is 54.6 Å². The average Bonchev–Trinajstić information content (AvgIpc) is 1.77. The van der Waals surface area contributed by atoms with E-state index in [1.807, 2.05) is 40.7 Å². The van der Waals surface area contributed by atoms with Gasteiger partial charge >= 0.3 is 47.5 Å². The second-order valence-electron chi connectivity index (χ2n) is 22.2. The molecule has 30 heteroatoms. The summed E-state index contributed by atoms with van der Waals surface area (Å²) >= 11 is 0. The van der Waals surface area contributed by atoms with Gasteiger partial charge in [-0.05, 0) is 69.2 Å². The summed E-state index contributed by atoms with van der Waals surface area (Å²) in [6.45, 7) is 9.71. The summed E-state index contributed by atoms with van der Waals surface area (Å²) in [5, 5.41) is 49.2. The van der Waals surface area contributed by atoms with Crippen molar-refractivity contribution in [2.45, 2.75) is 266 Å². The van der Waals surface area contributed by atoms with Crippen LogP contribution in [0, 0.1) is 0 Å². The standard InChI is InChI=1S/C23H29B2NO8.C18H22B2O6.C6H11BO3.2C6H11BO2.2CH4.Na.H/c1-3-14-20(34-19(28)10-9-18(27)26-2)21(22(25)32-14)30-12-16-15(11-17(24)31-16)33-23(29)13-7-5-4-6-8-13;1-2-11-15(21)16(17(20)25-11)23-9-13-12(8-14(19)24-13)26-18(22)10-6-4-3-5-7-10;1-2-3-4(8)5(9)6(7)10-3;2*1-2-5-4(8)3-6(7)9-5;;;;/h4-8,14-17,20-22H,3,9-12H2,1-2H3,(H,26,27);3-7,11-17,21H,2,8-9H2,1H3;3-6,8-9H,2H2,1H3;2*4-6,8H,2-3H2,1H3;2*1H4;;/q;;;;;;;+1;-1/t14-,15?,16-,17-,20?,21+,22-;11-,12?,13-,14-,15?,16+,17-;3-,4?,5+,6-;2*4?,5-,6-;;;;/m11111..../s1. The molecule has 9 rings (SSSR count). The summed E-state index contributed by atoms with van der Waals surface area (Å²) in [5.41, 5.74) is 0.878. The molecule has 0 bridgehead atoms. The Bertz CT molecular complexity index is 2360. The van der Waals surface area contributed by atoms with Crippen molar-refractivity contribution in [2.75, 3.05) is 20.3 Å². The molecule has 1 amide bonds. The van der Waals surface area contributed by atoms with Crippen molar-refractivity contribution < 1.29 is 133 Å². The van der Waals surface area contributed by atoms with E-state index in [0.717, 1.165) is 12.8 Å². The number of esters is 3. The first-order valence-electron chi connectivity index (χ1n) is 30.4. The number of nitrogens with one attached hydrogen (secondary N) is 1. The molecule has 6 N–H and O–H groups in total. The van der Waals surface area contributed by atoms with Crippen LogP contribution >= 0.6 is 0 Å². The second-order valence-corrected chi connectivity index (χ2v) is 22.2. The molecule has 7 heterocycles. The summed E-state index contributed by atoms with van der Waals surface area (Å²) in [6.07, 6.45) is -3.56. The molecular weight excluding hydrogens is 1180 g/mol. The van der Waals surface area contributed by atoms with Crippen molar-refractivity contribution in [3.63, 3.8) is 0 Å². The fourth-order valence-electron chi connectivity index (χ4n) is 10.6. The zero-order valence-electron chi connectivity index (χ0n) is 53.1. The van der Waals surface area contributed by atoms with Crippen LogP contribution in [0.5, 0.6) is 0 Å². The van der Waals surface area contributed by atoms with E-state index in [4.69, 9.17) is 127 Å². The minimum Gasteiger partial charge on any atom is -1.00 e. The maximum Gasteiger partial charge on any atom is 1.00 e. The minimum absolute atomic E-state index is 0. The molecule has 7 aliphatic heterocycles. The van der Waals surface area contributed by atoms with E-state index in [9.17, 15) is 29.4 Å². The molecular formula is C61H93B7NNaO21. The summed E-state index contributed by atoms with van der Waals surface area (Å²) in [7, 11) is 41.4. The van der Waals surface area contributed by atoms with E-state index >= 15 is 0 Å². The zero-order valence-corrected chi connectivity index (χ0v) is 54.1. The van der Waals surface area contributed by atoms with Gasteiger partial charge in [0.2, 0.25) is 5.91 Å². The minimum atomic E-state index is -0.926. The van der Waals surface area contributed by atoms with E-state index in [-0.39, 0.29) is 126 Å². The number of carbonyl (C=O) groups is 4. The molecule has 24 atom stereocenters. The van der Waals surface area contributed by atoms with Crippen LogP contribution in [0.3, 0.4) is 0 Å². The quantitative estimate of drug-likeness (QED) is 0.0539. The zero-order chi connectivity index (χ0) is 64.8. The Morgan fingerprint density at radius 2 is 0.835 bits per heavy atom. The third-order valence-corrected chi connectivity index (χ3v) is 15.6. The number of amides is 1. The maximum atomic E-state index is 12.5. The molecule has 2 aromatic rings. The summed E-state index contributed by atoms with van der Waals surface area (Å²) < 4.78 is 66.3. The van der Waals surface area contributed by atoms with Crippen molar-refractivity contribution in [1.82, 2.24) is 5.32 Å². The number of hydrogen-bond donors (Lipinski definition) is 6. The molecule has 0 aliphatic carbocycles. The SMILES string of the molecule is C.C.[B][C@@H]1O[C@H](CC)C(O)[C@@H]1O.[B][C@@H]1O[C@H](CC)C(O)[C@@H]1OC[C@H]1O[C@@H]([B])CC1OC(=O)c1ccccc1.[B][C@@H]1O[C@H](CC)C(OC(=O)CCC(=O)NC)[C@@H]1OC[C@H]1O[C@@H]([B])CC1OC(=O)c1ccccc1.[B][C@H]1CC(O)[C@@H](CC)O1.[B][C@H]1CC(O)[C@@H](CC)O1.[H-].[Na+]. The van der Waals surface area contributed by atoms with Crippen LogP contribution in [-0.2, 0) is 66.4 Å². The molecule has 0 spiro atoms. The van der Waals surface area contributed by atoms with Gasteiger partial charge in [-0.25, -0.2) is 9.59 Å². The van der Waals surface area contributed by atoms with Crippen molar-refractivity contribution >= 4 is 78.7 Å². The summed E-state index contributed by atoms with van der Waals surface area (Å²) in [4.78, 5) is 48.4. The molecule has 2 aromatic carbocycles. The van der Waals surface area contributed by atoms with Gasteiger partial charge in [0.15, 0.2) is 6.10 Å². The fraction of sp³-hybridized carbons (Fsp3) is 0.738. The van der Waals surface area contributed by atoms with E-state index in [0.29, 0.717) is 56.1 Å². The molecule has 7 fully saturated rings. The van der Waals surface area contributed by atoms with Gasteiger partial charge < -0.3 is 89.1 Å². The molecule has 7 aliphatic rings. The Morgan fingerprint density at radius 3 is 1.19 bits per heavy atom. The van der Waals surface area contributed by atoms with Crippen LogP contribution in [0.15, 0.2) is 60.7 Å². The van der Waals surface area contributed by atoms with Crippen LogP contribution in [0.2, 0.25) is 0 Å². The van der Waals surface area contributed by atoms with E-state index in [2.05, 4.69) is 5.32 Å². The normalized spacial score (nSPS) is 35.9. The largest absolute Gasteiger partial charge is 1.00 e.